The van der Waals surface area contributed by atoms with Gasteiger partial charge in [0.05, 0.1) is 23.2 Å². The number of benzene rings is 3. The van der Waals surface area contributed by atoms with E-state index in [0.717, 1.165) is 50.2 Å². The van der Waals surface area contributed by atoms with Gasteiger partial charge in [-0.05, 0) is 42.3 Å². The first-order chi connectivity index (χ1) is 16.3. The summed E-state index contributed by atoms with van der Waals surface area (Å²) in [4.78, 5) is 9.61. The Labute approximate surface area is 192 Å². The van der Waals surface area contributed by atoms with Crippen molar-refractivity contribution < 1.29 is 9.47 Å². The van der Waals surface area contributed by atoms with Crippen LogP contribution in [0.4, 0.5) is 0 Å². The largest absolute Gasteiger partial charge is 0.491 e. The minimum absolute atomic E-state index is 0.515. The summed E-state index contributed by atoms with van der Waals surface area (Å²) in [5, 5.41) is 1.09. The third-order valence-corrected chi connectivity index (χ3v) is 5.67. The van der Waals surface area contributed by atoms with Gasteiger partial charge in [0.15, 0.2) is 0 Å². The number of ether oxygens (including phenoxy) is 2. The number of rotatable bonds is 8. The second-order valence-corrected chi connectivity index (χ2v) is 7.76. The van der Waals surface area contributed by atoms with Gasteiger partial charge in [0, 0.05) is 30.2 Å². The first-order valence-electron chi connectivity index (χ1n) is 11.1. The molecule has 0 amide bonds. The fraction of sp³-hybridized carbons (Fsp3) is 0.185. The predicted octanol–water partition coefficient (Wildman–Crippen LogP) is 5.11. The van der Waals surface area contributed by atoms with Gasteiger partial charge in [0.25, 0.3) is 0 Å². The number of nitrogens with two attached hydrogens (primary N) is 1. The molecule has 0 radical (unpaired) electrons. The first-order valence-corrected chi connectivity index (χ1v) is 11.1. The highest BCUT2D eigenvalue weighted by Gasteiger charge is 2.11. The molecule has 5 rings (SSSR count). The van der Waals surface area contributed by atoms with Gasteiger partial charge < -0.3 is 15.2 Å². The van der Waals surface area contributed by atoms with Crippen molar-refractivity contribution in [2.45, 2.75) is 13.5 Å². The van der Waals surface area contributed by atoms with Crippen molar-refractivity contribution in [3.63, 3.8) is 0 Å². The van der Waals surface area contributed by atoms with E-state index in [4.69, 9.17) is 20.2 Å². The number of hydrogen-bond donors (Lipinski definition) is 1. The van der Waals surface area contributed by atoms with Crippen LogP contribution >= 0.6 is 0 Å². The zero-order valence-electron chi connectivity index (χ0n) is 18.6. The van der Waals surface area contributed by atoms with Crippen molar-refractivity contribution in [1.29, 1.82) is 0 Å². The van der Waals surface area contributed by atoms with Gasteiger partial charge in [0.1, 0.15) is 24.5 Å². The summed E-state index contributed by atoms with van der Waals surface area (Å²) >= 11 is 0. The van der Waals surface area contributed by atoms with E-state index in [9.17, 15) is 0 Å². The molecule has 6 heteroatoms. The summed E-state index contributed by atoms with van der Waals surface area (Å²) in [6.07, 6.45) is 1.81. The SMILES string of the molecule is CCOCCOc1ccc2c(c1)ncn2-c1ccc2cccc(-c3ccc(CN)cc3)c2n1. The van der Waals surface area contributed by atoms with Crippen LogP contribution in [-0.4, -0.2) is 34.4 Å². The Bertz CT molecular complexity index is 1390. The zero-order valence-corrected chi connectivity index (χ0v) is 18.6. The average Bonchev–Trinajstić information content (AvgIpc) is 3.29. The highest BCUT2D eigenvalue weighted by Crippen LogP contribution is 2.29. The van der Waals surface area contributed by atoms with Crippen molar-refractivity contribution in [2.75, 3.05) is 19.8 Å². The molecule has 6 nitrogen and oxygen atoms in total. The zero-order chi connectivity index (χ0) is 22.6. The maximum Gasteiger partial charge on any atom is 0.139 e. The smallest absolute Gasteiger partial charge is 0.139 e. The van der Waals surface area contributed by atoms with Crippen LogP contribution in [0.5, 0.6) is 5.75 Å². The van der Waals surface area contributed by atoms with Crippen molar-refractivity contribution in [1.82, 2.24) is 14.5 Å². The normalized spacial score (nSPS) is 11.3. The second kappa shape index (κ2) is 9.40. The molecule has 0 unspecified atom stereocenters. The van der Waals surface area contributed by atoms with Gasteiger partial charge in [-0.2, -0.15) is 0 Å². The van der Waals surface area contributed by atoms with Crippen LogP contribution in [0.2, 0.25) is 0 Å². The number of para-hydroxylation sites is 1. The van der Waals surface area contributed by atoms with Crippen LogP contribution in [0.3, 0.4) is 0 Å². The molecular weight excluding hydrogens is 412 g/mol. The Kier molecular flexibility index (Phi) is 6.02. The highest BCUT2D eigenvalue weighted by molar-refractivity contribution is 5.94. The molecule has 33 heavy (non-hydrogen) atoms. The van der Waals surface area contributed by atoms with Crippen LogP contribution in [0.1, 0.15) is 12.5 Å². The number of fused-ring (bicyclic) bond motifs is 2. The Morgan fingerprint density at radius 3 is 2.64 bits per heavy atom. The lowest BCUT2D eigenvalue weighted by atomic mass is 10.0. The standard InChI is InChI=1S/C27H26N4O2/c1-2-32-14-15-33-22-11-12-25-24(16-22)29-18-31(25)26-13-10-21-4-3-5-23(27(21)30-26)20-8-6-19(17-28)7-9-20/h3-13,16,18H,2,14-15,17,28H2,1H3. The lowest BCUT2D eigenvalue weighted by Gasteiger charge is -2.10. The average molecular weight is 439 g/mol. The number of hydrogen-bond acceptors (Lipinski definition) is 5. The molecule has 5 aromatic rings. The monoisotopic (exact) mass is 438 g/mol. The van der Waals surface area contributed by atoms with Gasteiger partial charge in [-0.15, -0.1) is 0 Å². The molecule has 0 spiro atoms. The Hall–Kier alpha value is -3.74. The lowest BCUT2D eigenvalue weighted by Crippen LogP contribution is -2.06. The molecule has 0 saturated heterocycles. The van der Waals surface area contributed by atoms with Gasteiger partial charge in [-0.25, -0.2) is 9.97 Å². The molecule has 2 aromatic heterocycles. The van der Waals surface area contributed by atoms with Crippen molar-refractivity contribution in [3.05, 3.63) is 84.7 Å². The molecule has 0 saturated carbocycles. The van der Waals surface area contributed by atoms with Crippen molar-refractivity contribution >= 4 is 21.9 Å². The fourth-order valence-electron chi connectivity index (χ4n) is 3.95. The third-order valence-electron chi connectivity index (χ3n) is 5.67. The van der Waals surface area contributed by atoms with Crippen LogP contribution in [0.25, 0.3) is 38.9 Å². The molecule has 0 aliphatic heterocycles. The number of aromatic nitrogens is 3. The Morgan fingerprint density at radius 1 is 0.939 bits per heavy atom. The highest BCUT2D eigenvalue weighted by atomic mass is 16.5. The lowest BCUT2D eigenvalue weighted by molar-refractivity contribution is 0.110. The topological polar surface area (TPSA) is 75.2 Å². The van der Waals surface area contributed by atoms with E-state index in [0.29, 0.717) is 26.4 Å². The third kappa shape index (κ3) is 4.31. The summed E-state index contributed by atoms with van der Waals surface area (Å²) in [6, 6.07) is 24.6. The summed E-state index contributed by atoms with van der Waals surface area (Å²) in [5.74, 6) is 1.60. The summed E-state index contributed by atoms with van der Waals surface area (Å²) in [7, 11) is 0. The van der Waals surface area contributed by atoms with E-state index >= 15 is 0 Å². The van der Waals surface area contributed by atoms with Crippen LogP contribution in [0, 0.1) is 0 Å². The summed E-state index contributed by atoms with van der Waals surface area (Å²) in [6.45, 7) is 4.28. The predicted molar refractivity (Wildman–Crippen MR) is 132 cm³/mol. The molecule has 166 valence electrons. The number of pyridine rings is 1. The Morgan fingerprint density at radius 2 is 1.82 bits per heavy atom. The van der Waals surface area contributed by atoms with Gasteiger partial charge >= 0.3 is 0 Å². The first kappa shape index (κ1) is 21.1. The van der Waals surface area contributed by atoms with Gasteiger partial charge in [-0.1, -0.05) is 42.5 Å². The van der Waals surface area contributed by atoms with Crippen molar-refractivity contribution in [3.8, 4) is 22.7 Å². The molecule has 0 bridgehead atoms. The van der Waals surface area contributed by atoms with E-state index in [1.165, 1.54) is 0 Å². The maximum absolute atomic E-state index is 5.77. The molecule has 2 heterocycles. The quantitative estimate of drug-likeness (QED) is 0.341. The maximum atomic E-state index is 5.77. The van der Waals surface area contributed by atoms with Crippen LogP contribution < -0.4 is 10.5 Å². The minimum Gasteiger partial charge on any atom is -0.491 e. The molecular formula is C27H26N4O2. The Balaban J connectivity index is 1.50. The molecule has 0 fully saturated rings. The van der Waals surface area contributed by atoms with E-state index in [-0.39, 0.29) is 0 Å². The van der Waals surface area contributed by atoms with Crippen molar-refractivity contribution in [2.24, 2.45) is 5.73 Å². The van der Waals surface area contributed by atoms with Gasteiger partial charge in [0.2, 0.25) is 0 Å². The molecule has 0 atom stereocenters. The molecule has 3 aromatic carbocycles. The van der Waals surface area contributed by atoms with E-state index in [1.807, 2.05) is 42.1 Å². The molecule has 0 aliphatic rings. The van der Waals surface area contributed by atoms with Crippen LogP contribution in [0.15, 0.2) is 79.1 Å². The fourth-order valence-corrected chi connectivity index (χ4v) is 3.95. The summed E-state index contributed by atoms with van der Waals surface area (Å²) < 4.78 is 13.1. The minimum atomic E-state index is 0.515. The van der Waals surface area contributed by atoms with E-state index < -0.39 is 0 Å². The van der Waals surface area contributed by atoms with E-state index in [2.05, 4.69) is 53.5 Å². The number of nitrogens with zero attached hydrogens (tertiary/aromatic N) is 3. The second-order valence-electron chi connectivity index (χ2n) is 7.76. The van der Waals surface area contributed by atoms with Crippen LogP contribution in [-0.2, 0) is 11.3 Å². The molecule has 0 aliphatic carbocycles. The number of imidazole rings is 1. The van der Waals surface area contributed by atoms with E-state index in [1.54, 1.807) is 0 Å². The molecule has 2 N–H and O–H groups in total. The summed E-state index contributed by atoms with van der Waals surface area (Å²) in [5.41, 5.74) is 11.9. The van der Waals surface area contributed by atoms with Gasteiger partial charge in [-0.3, -0.25) is 4.57 Å².